The summed E-state index contributed by atoms with van der Waals surface area (Å²) in [6.07, 6.45) is 0.655. The standard InChI is InChI=1S/C14H16F2N4O2S/c1-3-11-18-12(22-19-11)8-20(2)14(21)17-9-4-6-10(7-5-9)23-13(15)16/h4-7,13H,3,8H2,1-2H3,(H,17,21). The lowest BCUT2D eigenvalue weighted by Gasteiger charge is -2.16. The van der Waals surface area contributed by atoms with Crippen molar-refractivity contribution in [3.63, 3.8) is 0 Å². The van der Waals surface area contributed by atoms with Crippen LogP contribution in [0.4, 0.5) is 19.3 Å². The minimum atomic E-state index is -2.47. The van der Waals surface area contributed by atoms with Crippen molar-refractivity contribution in [1.29, 1.82) is 0 Å². The zero-order chi connectivity index (χ0) is 16.8. The third-order valence-corrected chi connectivity index (χ3v) is 3.60. The van der Waals surface area contributed by atoms with E-state index in [1.807, 2.05) is 6.92 Å². The predicted octanol–water partition coefficient (Wildman–Crippen LogP) is 3.61. The summed E-state index contributed by atoms with van der Waals surface area (Å²) in [6.45, 7) is 2.08. The molecule has 0 aliphatic rings. The molecule has 0 unspecified atom stereocenters. The van der Waals surface area contributed by atoms with Gasteiger partial charge in [0.2, 0.25) is 5.89 Å². The van der Waals surface area contributed by atoms with E-state index in [1.165, 1.54) is 17.0 Å². The molecule has 1 N–H and O–H groups in total. The number of benzene rings is 1. The average molecular weight is 342 g/mol. The number of rotatable bonds is 6. The maximum Gasteiger partial charge on any atom is 0.322 e. The molecule has 0 aliphatic heterocycles. The van der Waals surface area contributed by atoms with E-state index in [4.69, 9.17) is 4.52 Å². The van der Waals surface area contributed by atoms with Gasteiger partial charge in [0.15, 0.2) is 5.82 Å². The number of aryl methyl sites for hydroxylation is 1. The maximum absolute atomic E-state index is 12.2. The second-order valence-corrected chi connectivity index (χ2v) is 5.71. The summed E-state index contributed by atoms with van der Waals surface area (Å²) in [5.41, 5.74) is 0.514. The molecule has 0 fully saturated rings. The zero-order valence-electron chi connectivity index (χ0n) is 12.6. The number of carbonyl (C=O) groups is 1. The van der Waals surface area contributed by atoms with Gasteiger partial charge in [0.05, 0.1) is 0 Å². The quantitative estimate of drug-likeness (QED) is 0.812. The highest BCUT2D eigenvalue weighted by molar-refractivity contribution is 7.99. The molecule has 23 heavy (non-hydrogen) atoms. The maximum atomic E-state index is 12.2. The minimum Gasteiger partial charge on any atom is -0.337 e. The van der Waals surface area contributed by atoms with E-state index in [2.05, 4.69) is 15.5 Å². The molecule has 2 aromatic rings. The number of aromatic nitrogens is 2. The van der Waals surface area contributed by atoms with Crippen molar-refractivity contribution in [3.8, 4) is 0 Å². The second-order valence-electron chi connectivity index (χ2n) is 4.65. The zero-order valence-corrected chi connectivity index (χ0v) is 13.4. The SMILES string of the molecule is CCc1noc(CN(C)C(=O)Nc2ccc(SC(F)F)cc2)n1. The first kappa shape index (κ1) is 17.2. The fraction of sp³-hybridized carbons (Fsp3) is 0.357. The molecule has 0 radical (unpaired) electrons. The van der Waals surface area contributed by atoms with E-state index in [0.717, 1.165) is 0 Å². The van der Waals surface area contributed by atoms with Crippen LogP contribution in [-0.2, 0) is 13.0 Å². The molecule has 0 saturated carbocycles. The third-order valence-electron chi connectivity index (χ3n) is 2.88. The van der Waals surface area contributed by atoms with Gasteiger partial charge in [-0.15, -0.1) is 0 Å². The van der Waals surface area contributed by atoms with Crippen molar-refractivity contribution in [1.82, 2.24) is 15.0 Å². The molecule has 2 rings (SSSR count). The number of nitrogens with one attached hydrogen (secondary N) is 1. The molecule has 6 nitrogen and oxygen atoms in total. The first-order valence-corrected chi connectivity index (χ1v) is 7.74. The molecule has 0 atom stereocenters. The van der Waals surface area contributed by atoms with Gasteiger partial charge in [0, 0.05) is 24.1 Å². The van der Waals surface area contributed by atoms with Crippen LogP contribution in [0.3, 0.4) is 0 Å². The van der Waals surface area contributed by atoms with Crippen LogP contribution < -0.4 is 5.32 Å². The van der Waals surface area contributed by atoms with Gasteiger partial charge in [-0.25, -0.2) is 4.79 Å². The summed E-state index contributed by atoms with van der Waals surface area (Å²) < 4.78 is 29.5. The van der Waals surface area contributed by atoms with Crippen LogP contribution in [0.2, 0.25) is 0 Å². The van der Waals surface area contributed by atoms with E-state index in [9.17, 15) is 13.6 Å². The van der Waals surface area contributed by atoms with Gasteiger partial charge in [-0.3, -0.25) is 0 Å². The number of thioether (sulfide) groups is 1. The molecule has 0 saturated heterocycles. The summed E-state index contributed by atoms with van der Waals surface area (Å²) in [6, 6.07) is 5.82. The summed E-state index contributed by atoms with van der Waals surface area (Å²) in [7, 11) is 1.59. The number of carbonyl (C=O) groups excluding carboxylic acids is 1. The molecule has 1 heterocycles. The molecule has 1 aromatic carbocycles. The summed E-state index contributed by atoms with van der Waals surface area (Å²) in [5, 5.41) is 6.42. The van der Waals surface area contributed by atoms with Crippen LogP contribution in [0.15, 0.2) is 33.7 Å². The van der Waals surface area contributed by atoms with Crippen LogP contribution in [0.25, 0.3) is 0 Å². The Bertz CT molecular complexity index is 648. The second kappa shape index (κ2) is 7.91. The first-order valence-electron chi connectivity index (χ1n) is 6.86. The highest BCUT2D eigenvalue weighted by Gasteiger charge is 2.14. The molecular formula is C14H16F2N4O2S. The monoisotopic (exact) mass is 342 g/mol. The molecule has 1 aromatic heterocycles. The van der Waals surface area contributed by atoms with Crippen molar-refractivity contribution in [2.45, 2.75) is 30.5 Å². The molecule has 2 amide bonds. The number of amides is 2. The molecule has 0 bridgehead atoms. The Hall–Kier alpha value is -2.16. The Kier molecular flexibility index (Phi) is 5.91. The highest BCUT2D eigenvalue weighted by Crippen LogP contribution is 2.26. The lowest BCUT2D eigenvalue weighted by atomic mass is 10.3. The summed E-state index contributed by atoms with van der Waals surface area (Å²) >= 11 is 0.454. The van der Waals surface area contributed by atoms with Crippen LogP contribution in [-0.4, -0.2) is 33.9 Å². The topological polar surface area (TPSA) is 71.3 Å². The minimum absolute atomic E-state index is 0.179. The number of halogens is 2. The fourth-order valence-electron chi connectivity index (χ4n) is 1.71. The van der Waals surface area contributed by atoms with Gasteiger partial charge in [0.1, 0.15) is 6.54 Å². The smallest absolute Gasteiger partial charge is 0.322 e. The van der Waals surface area contributed by atoms with Crippen LogP contribution in [0.5, 0.6) is 0 Å². The van der Waals surface area contributed by atoms with E-state index in [-0.39, 0.29) is 12.6 Å². The van der Waals surface area contributed by atoms with Crippen molar-refractivity contribution in [2.24, 2.45) is 0 Å². The van der Waals surface area contributed by atoms with Crippen LogP contribution >= 0.6 is 11.8 Å². The van der Waals surface area contributed by atoms with Crippen molar-refractivity contribution in [3.05, 3.63) is 36.0 Å². The average Bonchev–Trinajstić information content (AvgIpc) is 2.96. The highest BCUT2D eigenvalue weighted by atomic mass is 32.2. The molecule has 0 aliphatic carbocycles. The summed E-state index contributed by atoms with van der Waals surface area (Å²) in [4.78, 5) is 18.0. The predicted molar refractivity (Wildman–Crippen MR) is 82.5 cm³/mol. The van der Waals surface area contributed by atoms with E-state index < -0.39 is 5.76 Å². The van der Waals surface area contributed by atoms with Crippen molar-refractivity contribution >= 4 is 23.5 Å². The largest absolute Gasteiger partial charge is 0.337 e. The Labute approximate surface area is 136 Å². The van der Waals surface area contributed by atoms with Gasteiger partial charge >= 0.3 is 6.03 Å². The van der Waals surface area contributed by atoms with E-state index in [0.29, 0.717) is 40.5 Å². The van der Waals surface area contributed by atoms with Gasteiger partial charge in [-0.05, 0) is 24.3 Å². The van der Waals surface area contributed by atoms with Gasteiger partial charge in [-0.2, -0.15) is 13.8 Å². The van der Waals surface area contributed by atoms with Gasteiger partial charge < -0.3 is 14.7 Å². The Balaban J connectivity index is 1.89. The number of urea groups is 1. The van der Waals surface area contributed by atoms with E-state index in [1.54, 1.807) is 19.2 Å². The molecule has 0 spiro atoms. The Morgan fingerprint density at radius 1 is 1.39 bits per heavy atom. The lowest BCUT2D eigenvalue weighted by Crippen LogP contribution is -2.30. The lowest BCUT2D eigenvalue weighted by molar-refractivity contribution is 0.213. The van der Waals surface area contributed by atoms with Crippen LogP contribution in [0.1, 0.15) is 18.6 Å². The van der Waals surface area contributed by atoms with Crippen molar-refractivity contribution < 1.29 is 18.1 Å². The first-order chi connectivity index (χ1) is 11.0. The Morgan fingerprint density at radius 3 is 2.65 bits per heavy atom. The number of hydrogen-bond donors (Lipinski definition) is 1. The number of alkyl halides is 2. The number of nitrogens with zero attached hydrogens (tertiary/aromatic N) is 3. The van der Waals surface area contributed by atoms with Crippen molar-refractivity contribution in [2.75, 3.05) is 12.4 Å². The fourth-order valence-corrected chi connectivity index (χ4v) is 2.21. The normalized spacial score (nSPS) is 10.8. The Morgan fingerprint density at radius 2 is 2.09 bits per heavy atom. The third kappa shape index (κ3) is 5.20. The number of anilines is 1. The molecule has 124 valence electrons. The van der Waals surface area contributed by atoms with Crippen LogP contribution in [0, 0.1) is 0 Å². The van der Waals surface area contributed by atoms with Gasteiger partial charge in [-0.1, -0.05) is 23.8 Å². The molecule has 9 heteroatoms. The number of hydrogen-bond acceptors (Lipinski definition) is 5. The molecular weight excluding hydrogens is 326 g/mol. The van der Waals surface area contributed by atoms with Gasteiger partial charge in [0.25, 0.3) is 5.76 Å². The van der Waals surface area contributed by atoms with E-state index >= 15 is 0 Å². The summed E-state index contributed by atoms with van der Waals surface area (Å²) in [5.74, 6) is -1.53.